The van der Waals surface area contributed by atoms with Crippen LogP contribution in [0.2, 0.25) is 0 Å². The monoisotopic (exact) mass is 189 g/mol. The topological polar surface area (TPSA) is 52.3 Å². The van der Waals surface area contributed by atoms with Crippen LogP contribution in [0.5, 0.6) is 5.75 Å². The molecule has 0 heterocycles. The number of hydrogen-bond donors (Lipinski definition) is 1. The molecule has 0 fully saturated rings. The summed E-state index contributed by atoms with van der Waals surface area (Å²) in [6.07, 6.45) is 0. The summed E-state index contributed by atoms with van der Waals surface area (Å²) in [5, 5.41) is 0. The first kappa shape index (κ1) is 10.1. The quantitative estimate of drug-likeness (QED) is 0.726. The SMILES string of the molecule is CC#CCOc1ccccc1C(N)=O. The molecular weight excluding hydrogens is 178 g/mol. The smallest absolute Gasteiger partial charge is 0.252 e. The molecule has 1 aromatic carbocycles. The first-order chi connectivity index (χ1) is 6.75. The second-order valence-electron chi connectivity index (χ2n) is 2.58. The molecule has 0 saturated carbocycles. The molecule has 0 bridgehead atoms. The highest BCUT2D eigenvalue weighted by atomic mass is 16.5. The lowest BCUT2D eigenvalue weighted by Gasteiger charge is -2.05. The van der Waals surface area contributed by atoms with Crippen molar-refractivity contribution in [2.45, 2.75) is 6.92 Å². The van der Waals surface area contributed by atoms with E-state index in [1.54, 1.807) is 31.2 Å². The molecule has 1 rings (SSSR count). The summed E-state index contributed by atoms with van der Waals surface area (Å²) in [6, 6.07) is 6.83. The van der Waals surface area contributed by atoms with Crippen molar-refractivity contribution in [1.82, 2.24) is 0 Å². The molecule has 0 radical (unpaired) electrons. The average Bonchev–Trinajstić information content (AvgIpc) is 2.19. The van der Waals surface area contributed by atoms with E-state index in [1.807, 2.05) is 0 Å². The van der Waals surface area contributed by atoms with E-state index < -0.39 is 5.91 Å². The van der Waals surface area contributed by atoms with Gasteiger partial charge in [0.25, 0.3) is 5.91 Å². The highest BCUT2D eigenvalue weighted by Crippen LogP contribution is 2.16. The Morgan fingerprint density at radius 1 is 1.50 bits per heavy atom. The van der Waals surface area contributed by atoms with E-state index in [1.165, 1.54) is 0 Å². The standard InChI is InChI=1S/C11H11NO2/c1-2-3-8-14-10-7-5-4-6-9(10)11(12)13/h4-7H,8H2,1H3,(H2,12,13). The van der Waals surface area contributed by atoms with E-state index in [0.717, 1.165) is 0 Å². The van der Waals surface area contributed by atoms with Crippen molar-refractivity contribution in [3.63, 3.8) is 0 Å². The molecule has 14 heavy (non-hydrogen) atoms. The van der Waals surface area contributed by atoms with E-state index in [-0.39, 0.29) is 6.61 Å². The number of nitrogens with two attached hydrogens (primary N) is 1. The predicted octanol–water partition coefficient (Wildman–Crippen LogP) is 1.19. The Kier molecular flexibility index (Phi) is 3.57. The zero-order valence-electron chi connectivity index (χ0n) is 7.91. The zero-order chi connectivity index (χ0) is 10.4. The van der Waals surface area contributed by atoms with Crippen LogP contribution in [0.1, 0.15) is 17.3 Å². The number of carbonyl (C=O) groups excluding carboxylic acids is 1. The number of benzene rings is 1. The lowest BCUT2D eigenvalue weighted by molar-refractivity contribution is 0.0997. The number of para-hydroxylation sites is 1. The highest BCUT2D eigenvalue weighted by molar-refractivity contribution is 5.95. The van der Waals surface area contributed by atoms with E-state index in [0.29, 0.717) is 11.3 Å². The third-order valence-corrected chi connectivity index (χ3v) is 1.63. The van der Waals surface area contributed by atoms with Crippen LogP contribution in [0, 0.1) is 11.8 Å². The molecule has 0 saturated heterocycles. The lowest BCUT2D eigenvalue weighted by Crippen LogP contribution is -2.12. The molecule has 3 heteroatoms. The summed E-state index contributed by atoms with van der Waals surface area (Å²) >= 11 is 0. The third kappa shape index (κ3) is 2.53. The molecule has 72 valence electrons. The van der Waals surface area contributed by atoms with E-state index >= 15 is 0 Å². The van der Waals surface area contributed by atoms with Crippen molar-refractivity contribution >= 4 is 5.91 Å². The number of carbonyl (C=O) groups is 1. The summed E-state index contributed by atoms with van der Waals surface area (Å²) in [6.45, 7) is 1.99. The fourth-order valence-electron chi connectivity index (χ4n) is 0.982. The first-order valence-corrected chi connectivity index (χ1v) is 4.17. The average molecular weight is 189 g/mol. The van der Waals surface area contributed by atoms with Gasteiger partial charge >= 0.3 is 0 Å². The molecule has 0 aliphatic rings. The van der Waals surface area contributed by atoms with Crippen LogP contribution in [-0.4, -0.2) is 12.5 Å². The largest absolute Gasteiger partial charge is 0.480 e. The number of rotatable bonds is 3. The molecule has 0 aromatic heterocycles. The normalized spacial score (nSPS) is 8.64. The Labute approximate surface area is 82.9 Å². The molecule has 1 amide bonds. The Balaban J connectivity index is 2.83. The van der Waals surface area contributed by atoms with Crippen LogP contribution in [0.15, 0.2) is 24.3 Å². The van der Waals surface area contributed by atoms with Crippen molar-refractivity contribution in [3.05, 3.63) is 29.8 Å². The molecule has 0 spiro atoms. The number of ether oxygens (including phenoxy) is 1. The fourth-order valence-corrected chi connectivity index (χ4v) is 0.982. The predicted molar refractivity (Wildman–Crippen MR) is 53.9 cm³/mol. The van der Waals surface area contributed by atoms with Crippen molar-refractivity contribution in [3.8, 4) is 17.6 Å². The Morgan fingerprint density at radius 2 is 2.21 bits per heavy atom. The van der Waals surface area contributed by atoms with Gasteiger partial charge in [-0.05, 0) is 19.1 Å². The molecule has 0 aliphatic carbocycles. The summed E-state index contributed by atoms with van der Waals surface area (Å²) in [5.74, 6) is 5.41. The second-order valence-corrected chi connectivity index (χ2v) is 2.58. The van der Waals surface area contributed by atoms with Crippen molar-refractivity contribution in [1.29, 1.82) is 0 Å². The summed E-state index contributed by atoms with van der Waals surface area (Å²) in [5.41, 5.74) is 5.54. The molecule has 0 atom stereocenters. The summed E-state index contributed by atoms with van der Waals surface area (Å²) in [7, 11) is 0. The summed E-state index contributed by atoms with van der Waals surface area (Å²) in [4.78, 5) is 11.0. The van der Waals surface area contributed by atoms with Gasteiger partial charge in [-0.15, -0.1) is 5.92 Å². The van der Waals surface area contributed by atoms with Gasteiger partial charge in [-0.1, -0.05) is 18.1 Å². The molecule has 0 aliphatic heterocycles. The van der Waals surface area contributed by atoms with Gasteiger partial charge in [-0.3, -0.25) is 4.79 Å². The van der Waals surface area contributed by atoms with Gasteiger partial charge < -0.3 is 10.5 Å². The number of hydrogen-bond acceptors (Lipinski definition) is 2. The zero-order valence-corrected chi connectivity index (χ0v) is 7.91. The molecule has 3 nitrogen and oxygen atoms in total. The minimum absolute atomic E-state index is 0.265. The van der Waals surface area contributed by atoms with Crippen LogP contribution in [0.25, 0.3) is 0 Å². The molecular formula is C11H11NO2. The van der Waals surface area contributed by atoms with Crippen LogP contribution in [0.3, 0.4) is 0 Å². The van der Waals surface area contributed by atoms with Gasteiger partial charge in [0.15, 0.2) is 0 Å². The minimum Gasteiger partial charge on any atom is -0.480 e. The van der Waals surface area contributed by atoms with E-state index in [9.17, 15) is 4.79 Å². The third-order valence-electron chi connectivity index (χ3n) is 1.63. The first-order valence-electron chi connectivity index (χ1n) is 4.17. The van der Waals surface area contributed by atoms with Crippen molar-refractivity contribution in [2.75, 3.05) is 6.61 Å². The van der Waals surface area contributed by atoms with Gasteiger partial charge in [0.2, 0.25) is 0 Å². The van der Waals surface area contributed by atoms with Crippen LogP contribution in [-0.2, 0) is 0 Å². The maximum atomic E-state index is 11.0. The lowest BCUT2D eigenvalue weighted by atomic mass is 10.2. The summed E-state index contributed by atoms with van der Waals surface area (Å²) < 4.78 is 5.26. The van der Waals surface area contributed by atoms with Crippen LogP contribution in [0.4, 0.5) is 0 Å². The molecule has 2 N–H and O–H groups in total. The number of primary amides is 1. The van der Waals surface area contributed by atoms with Crippen molar-refractivity contribution in [2.24, 2.45) is 5.73 Å². The van der Waals surface area contributed by atoms with E-state index in [2.05, 4.69) is 11.8 Å². The van der Waals surface area contributed by atoms with Gasteiger partial charge in [0.05, 0.1) is 5.56 Å². The van der Waals surface area contributed by atoms with Gasteiger partial charge in [0, 0.05) is 0 Å². The van der Waals surface area contributed by atoms with Gasteiger partial charge in [0.1, 0.15) is 12.4 Å². The van der Waals surface area contributed by atoms with Gasteiger partial charge in [-0.2, -0.15) is 0 Å². The Morgan fingerprint density at radius 3 is 2.86 bits per heavy atom. The Bertz CT molecular complexity index is 388. The second kappa shape index (κ2) is 4.93. The minimum atomic E-state index is -0.495. The van der Waals surface area contributed by atoms with Crippen LogP contribution >= 0.6 is 0 Å². The fraction of sp³-hybridized carbons (Fsp3) is 0.182. The number of amides is 1. The van der Waals surface area contributed by atoms with Crippen LogP contribution < -0.4 is 10.5 Å². The molecule has 1 aromatic rings. The highest BCUT2D eigenvalue weighted by Gasteiger charge is 2.06. The van der Waals surface area contributed by atoms with Gasteiger partial charge in [-0.25, -0.2) is 0 Å². The molecule has 0 unspecified atom stereocenters. The van der Waals surface area contributed by atoms with Crippen molar-refractivity contribution < 1.29 is 9.53 Å². The Hall–Kier alpha value is -1.95. The maximum absolute atomic E-state index is 11.0. The maximum Gasteiger partial charge on any atom is 0.252 e. The van der Waals surface area contributed by atoms with E-state index in [4.69, 9.17) is 10.5 Å².